The van der Waals surface area contributed by atoms with E-state index in [9.17, 15) is 14.7 Å². The Bertz CT molecular complexity index is 472. The Labute approximate surface area is 108 Å². The fourth-order valence-electron chi connectivity index (χ4n) is 3.21. The van der Waals surface area contributed by atoms with Gasteiger partial charge in [-0.25, -0.2) is 0 Å². The fraction of sp³-hybridized carbons (Fsp3) is 0.600. The third-order valence-corrected chi connectivity index (χ3v) is 4.90. The van der Waals surface area contributed by atoms with E-state index in [1.807, 2.05) is 20.8 Å². The highest BCUT2D eigenvalue weighted by Gasteiger charge is 2.54. The molecule has 1 N–H and O–H groups in total. The maximum Gasteiger partial charge on any atom is 0.162 e. The maximum absolute atomic E-state index is 12.4. The van der Waals surface area contributed by atoms with Gasteiger partial charge in [0, 0.05) is 17.3 Å². The van der Waals surface area contributed by atoms with E-state index in [-0.39, 0.29) is 18.2 Å². The molecule has 3 nitrogen and oxygen atoms in total. The quantitative estimate of drug-likeness (QED) is 0.815. The van der Waals surface area contributed by atoms with Gasteiger partial charge in [0.15, 0.2) is 11.6 Å². The predicted octanol–water partition coefficient (Wildman–Crippen LogP) is 2.20. The monoisotopic (exact) mass is 248 g/mol. The van der Waals surface area contributed by atoms with E-state index >= 15 is 0 Å². The second-order valence-electron chi connectivity index (χ2n) is 5.99. The van der Waals surface area contributed by atoms with Crippen LogP contribution in [-0.2, 0) is 9.59 Å². The number of rotatable bonds is 2. The van der Waals surface area contributed by atoms with Crippen LogP contribution in [-0.4, -0.2) is 23.3 Å². The number of aliphatic hydroxyl groups is 1. The van der Waals surface area contributed by atoms with Gasteiger partial charge in [-0.15, -0.1) is 0 Å². The van der Waals surface area contributed by atoms with Crippen LogP contribution in [0.2, 0.25) is 0 Å². The van der Waals surface area contributed by atoms with Crippen molar-refractivity contribution in [2.24, 2.45) is 10.8 Å². The number of hydrogen-bond acceptors (Lipinski definition) is 3. The molecule has 0 saturated carbocycles. The minimum atomic E-state index is -0.576. The van der Waals surface area contributed by atoms with Gasteiger partial charge in [0.05, 0.1) is 6.61 Å². The number of carbonyl (C=O) groups is 2. The van der Waals surface area contributed by atoms with Crippen molar-refractivity contribution in [1.29, 1.82) is 0 Å². The lowest BCUT2D eigenvalue weighted by molar-refractivity contribution is -0.131. The van der Waals surface area contributed by atoms with Gasteiger partial charge in [-0.1, -0.05) is 19.4 Å². The van der Waals surface area contributed by atoms with Crippen LogP contribution in [0.25, 0.3) is 0 Å². The smallest absolute Gasteiger partial charge is 0.162 e. The number of hydrogen-bond donors (Lipinski definition) is 1. The minimum Gasteiger partial charge on any atom is -0.392 e. The Kier molecular flexibility index (Phi) is 3.06. The van der Waals surface area contributed by atoms with Gasteiger partial charge in [-0.3, -0.25) is 9.59 Å². The second kappa shape index (κ2) is 4.16. The summed E-state index contributed by atoms with van der Waals surface area (Å²) in [6, 6.07) is 0. The normalized spacial score (nSPS) is 36.7. The molecule has 0 aromatic carbocycles. The van der Waals surface area contributed by atoms with Crippen LogP contribution in [0, 0.1) is 10.8 Å². The zero-order chi connectivity index (χ0) is 13.6. The van der Waals surface area contributed by atoms with Gasteiger partial charge in [-0.05, 0) is 37.5 Å². The molecule has 18 heavy (non-hydrogen) atoms. The highest BCUT2D eigenvalue weighted by Crippen LogP contribution is 2.55. The van der Waals surface area contributed by atoms with Crippen LogP contribution in [0.15, 0.2) is 23.3 Å². The van der Waals surface area contributed by atoms with Gasteiger partial charge in [-0.2, -0.15) is 0 Å². The van der Waals surface area contributed by atoms with E-state index in [1.165, 1.54) is 6.08 Å². The van der Waals surface area contributed by atoms with Crippen molar-refractivity contribution >= 4 is 11.6 Å². The van der Waals surface area contributed by atoms with Crippen LogP contribution in [0.1, 0.15) is 40.0 Å². The third-order valence-electron chi connectivity index (χ3n) is 4.90. The zero-order valence-electron chi connectivity index (χ0n) is 11.2. The van der Waals surface area contributed by atoms with E-state index in [0.29, 0.717) is 12.0 Å². The molecule has 0 spiro atoms. The summed E-state index contributed by atoms with van der Waals surface area (Å²) < 4.78 is 0. The molecule has 0 radical (unpaired) electrons. The summed E-state index contributed by atoms with van der Waals surface area (Å²) in [5.41, 5.74) is 0.691. The second-order valence-corrected chi connectivity index (χ2v) is 5.99. The maximum atomic E-state index is 12.4. The number of aliphatic hydroxyl groups excluding tert-OH is 1. The summed E-state index contributed by atoms with van der Waals surface area (Å²) >= 11 is 0. The fourth-order valence-corrected chi connectivity index (χ4v) is 3.21. The van der Waals surface area contributed by atoms with E-state index in [2.05, 4.69) is 0 Å². The lowest BCUT2D eigenvalue weighted by atomic mass is 9.56. The standard InChI is InChI=1S/C15H20O3/c1-10-4-5-14(2,13(18)6-10)15(3)8-12(17)7-11(15)9-16/h6-7,16H,4-5,8-9H2,1-3H3. The lowest BCUT2D eigenvalue weighted by Gasteiger charge is -2.45. The number of carbonyl (C=O) groups excluding carboxylic acids is 2. The average molecular weight is 248 g/mol. The molecular formula is C15H20O3. The minimum absolute atomic E-state index is 0.0156. The Balaban J connectivity index is 2.45. The Morgan fingerprint density at radius 2 is 1.89 bits per heavy atom. The Morgan fingerprint density at radius 3 is 2.44 bits per heavy atom. The molecule has 2 rings (SSSR count). The molecule has 0 fully saturated rings. The molecule has 0 aromatic heterocycles. The molecule has 2 aliphatic rings. The molecule has 3 heteroatoms. The van der Waals surface area contributed by atoms with E-state index < -0.39 is 10.8 Å². The van der Waals surface area contributed by atoms with Crippen molar-refractivity contribution in [3.63, 3.8) is 0 Å². The topological polar surface area (TPSA) is 54.4 Å². The molecule has 0 aromatic rings. The molecule has 2 aliphatic carbocycles. The van der Waals surface area contributed by atoms with Crippen LogP contribution in [0.4, 0.5) is 0 Å². The van der Waals surface area contributed by atoms with Crippen LogP contribution in [0.5, 0.6) is 0 Å². The Hall–Kier alpha value is -1.22. The van der Waals surface area contributed by atoms with Gasteiger partial charge in [0.25, 0.3) is 0 Å². The van der Waals surface area contributed by atoms with Crippen molar-refractivity contribution in [1.82, 2.24) is 0 Å². The van der Waals surface area contributed by atoms with Crippen LogP contribution >= 0.6 is 0 Å². The summed E-state index contributed by atoms with van der Waals surface area (Å²) in [7, 11) is 0. The first-order valence-electron chi connectivity index (χ1n) is 6.40. The van der Waals surface area contributed by atoms with Crippen molar-refractivity contribution in [3.05, 3.63) is 23.3 Å². The Morgan fingerprint density at radius 1 is 1.22 bits per heavy atom. The van der Waals surface area contributed by atoms with E-state index in [4.69, 9.17) is 0 Å². The van der Waals surface area contributed by atoms with Crippen LogP contribution in [0.3, 0.4) is 0 Å². The third kappa shape index (κ3) is 1.69. The molecule has 2 unspecified atom stereocenters. The van der Waals surface area contributed by atoms with E-state index in [0.717, 1.165) is 18.4 Å². The molecular weight excluding hydrogens is 228 g/mol. The molecule has 0 bridgehead atoms. The molecule has 2 atom stereocenters. The number of allylic oxidation sites excluding steroid dienone is 3. The highest BCUT2D eigenvalue weighted by molar-refractivity contribution is 6.00. The molecule has 98 valence electrons. The largest absolute Gasteiger partial charge is 0.392 e. The first-order chi connectivity index (χ1) is 8.33. The van der Waals surface area contributed by atoms with Gasteiger partial charge in [0.1, 0.15) is 0 Å². The molecule has 0 heterocycles. The van der Waals surface area contributed by atoms with Crippen molar-refractivity contribution in [2.75, 3.05) is 6.61 Å². The van der Waals surface area contributed by atoms with Crippen molar-refractivity contribution in [3.8, 4) is 0 Å². The molecule has 0 saturated heterocycles. The lowest BCUT2D eigenvalue weighted by Crippen LogP contribution is -2.45. The summed E-state index contributed by atoms with van der Waals surface area (Å²) in [5, 5.41) is 9.46. The zero-order valence-corrected chi connectivity index (χ0v) is 11.2. The first kappa shape index (κ1) is 13.2. The summed E-state index contributed by atoms with van der Waals surface area (Å²) in [6.07, 6.45) is 5.17. The van der Waals surface area contributed by atoms with Crippen LogP contribution < -0.4 is 0 Å². The summed E-state index contributed by atoms with van der Waals surface area (Å²) in [6.45, 7) is 5.68. The SMILES string of the molecule is CC1=CC(=O)C(C)(C2(C)CC(=O)C=C2CO)CC1. The first-order valence-corrected chi connectivity index (χ1v) is 6.40. The van der Waals surface area contributed by atoms with E-state index in [1.54, 1.807) is 6.08 Å². The van der Waals surface area contributed by atoms with Gasteiger partial charge in [0.2, 0.25) is 0 Å². The summed E-state index contributed by atoms with van der Waals surface area (Å²) in [5.74, 6) is 0.102. The molecule has 0 aliphatic heterocycles. The van der Waals surface area contributed by atoms with Gasteiger partial charge >= 0.3 is 0 Å². The van der Waals surface area contributed by atoms with Crippen molar-refractivity contribution in [2.45, 2.75) is 40.0 Å². The van der Waals surface area contributed by atoms with Crippen molar-refractivity contribution < 1.29 is 14.7 Å². The summed E-state index contributed by atoms with van der Waals surface area (Å²) in [4.78, 5) is 24.1. The molecule has 0 amide bonds. The highest BCUT2D eigenvalue weighted by atomic mass is 16.3. The number of ketones is 2. The van der Waals surface area contributed by atoms with Gasteiger partial charge < -0.3 is 5.11 Å². The average Bonchev–Trinajstić information content (AvgIpc) is 2.60. The predicted molar refractivity (Wildman–Crippen MR) is 69.0 cm³/mol.